The van der Waals surface area contributed by atoms with Crippen molar-refractivity contribution >= 4 is 21.4 Å². The summed E-state index contributed by atoms with van der Waals surface area (Å²) in [7, 11) is -3.62. The van der Waals surface area contributed by atoms with Crippen molar-refractivity contribution < 1.29 is 12.8 Å². The second-order valence-electron chi connectivity index (χ2n) is 4.58. The van der Waals surface area contributed by atoms with Crippen molar-refractivity contribution in [1.29, 1.82) is 0 Å². The summed E-state index contributed by atoms with van der Waals surface area (Å²) in [5, 5.41) is 1.94. The fourth-order valence-corrected chi connectivity index (χ4v) is 4.50. The Labute approximate surface area is 122 Å². The molecule has 0 unspecified atom stereocenters. The monoisotopic (exact) mass is 314 g/mol. The van der Waals surface area contributed by atoms with E-state index in [4.69, 9.17) is 10.2 Å². The summed E-state index contributed by atoms with van der Waals surface area (Å²) >= 11 is 1.53. The Hall–Kier alpha value is -1.15. The third-order valence-corrected chi connectivity index (χ3v) is 5.81. The number of thiophene rings is 1. The Balaban J connectivity index is 2.29. The van der Waals surface area contributed by atoms with E-state index in [1.807, 2.05) is 18.4 Å². The first kappa shape index (κ1) is 15.2. The largest absolute Gasteiger partial charge is 0.465 e. The van der Waals surface area contributed by atoms with Gasteiger partial charge in [0, 0.05) is 23.5 Å². The molecule has 110 valence electrons. The van der Waals surface area contributed by atoms with Gasteiger partial charge >= 0.3 is 0 Å². The van der Waals surface area contributed by atoms with Crippen LogP contribution in [0.25, 0.3) is 0 Å². The van der Waals surface area contributed by atoms with Gasteiger partial charge in [-0.25, -0.2) is 13.1 Å². The van der Waals surface area contributed by atoms with E-state index in [0.717, 1.165) is 10.4 Å². The predicted molar refractivity (Wildman–Crippen MR) is 79.2 cm³/mol. The third-order valence-electron chi connectivity index (χ3n) is 3.19. The Bertz CT molecular complexity index is 714. The van der Waals surface area contributed by atoms with Crippen LogP contribution >= 0.6 is 11.3 Å². The highest BCUT2D eigenvalue weighted by atomic mass is 32.2. The van der Waals surface area contributed by atoms with Crippen LogP contribution in [0.5, 0.6) is 0 Å². The molecular formula is C13H18N2O3S2. The molecule has 0 aliphatic heterocycles. The smallest absolute Gasteiger partial charge is 0.244 e. The molecule has 0 amide bonds. The van der Waals surface area contributed by atoms with Crippen molar-refractivity contribution in [3.63, 3.8) is 0 Å². The zero-order valence-electron chi connectivity index (χ0n) is 11.7. The van der Waals surface area contributed by atoms with Gasteiger partial charge in [-0.05, 0) is 37.8 Å². The average Bonchev–Trinajstić information content (AvgIpc) is 2.90. The van der Waals surface area contributed by atoms with Crippen LogP contribution in [-0.4, -0.2) is 8.42 Å². The first-order valence-corrected chi connectivity index (χ1v) is 8.54. The minimum atomic E-state index is -3.62. The lowest BCUT2D eigenvalue weighted by atomic mass is 10.2. The molecule has 3 N–H and O–H groups in total. The Morgan fingerprint density at radius 2 is 2.00 bits per heavy atom. The highest BCUT2D eigenvalue weighted by Crippen LogP contribution is 2.26. The van der Waals surface area contributed by atoms with Gasteiger partial charge in [-0.15, -0.1) is 11.3 Å². The van der Waals surface area contributed by atoms with Crippen molar-refractivity contribution in [1.82, 2.24) is 4.72 Å². The second-order valence-corrected chi connectivity index (χ2v) is 7.28. The summed E-state index contributed by atoms with van der Waals surface area (Å²) < 4.78 is 32.9. The van der Waals surface area contributed by atoms with E-state index in [1.54, 1.807) is 13.8 Å². The van der Waals surface area contributed by atoms with E-state index in [-0.39, 0.29) is 18.0 Å². The van der Waals surface area contributed by atoms with Crippen molar-refractivity contribution in [2.24, 2.45) is 5.73 Å². The Morgan fingerprint density at radius 1 is 1.30 bits per heavy atom. The molecule has 0 aromatic carbocycles. The van der Waals surface area contributed by atoms with Crippen LogP contribution in [0.4, 0.5) is 0 Å². The fourth-order valence-electron chi connectivity index (χ4n) is 2.12. The molecular weight excluding hydrogens is 296 g/mol. The maximum Gasteiger partial charge on any atom is 0.244 e. The molecule has 0 atom stereocenters. The van der Waals surface area contributed by atoms with Gasteiger partial charge in [-0.1, -0.05) is 0 Å². The van der Waals surface area contributed by atoms with Crippen molar-refractivity contribution in [2.45, 2.75) is 38.8 Å². The van der Waals surface area contributed by atoms with Crippen LogP contribution in [0.3, 0.4) is 0 Å². The SMILES string of the molecule is Cc1ccsc1CNS(=O)(=O)c1c(C)oc(C)c1CN. The molecule has 0 saturated carbocycles. The van der Waals surface area contributed by atoms with Crippen molar-refractivity contribution in [3.8, 4) is 0 Å². The van der Waals surface area contributed by atoms with E-state index in [0.29, 0.717) is 17.1 Å². The molecule has 2 rings (SSSR count). The number of rotatable bonds is 5. The molecule has 2 aromatic rings. The van der Waals surface area contributed by atoms with Crippen molar-refractivity contribution in [2.75, 3.05) is 0 Å². The van der Waals surface area contributed by atoms with Gasteiger partial charge in [0.15, 0.2) is 0 Å². The van der Waals surface area contributed by atoms with Gasteiger partial charge in [0.1, 0.15) is 16.4 Å². The summed E-state index contributed by atoms with van der Waals surface area (Å²) in [5.74, 6) is 0.927. The molecule has 2 heterocycles. The molecule has 0 aliphatic rings. The van der Waals surface area contributed by atoms with Gasteiger partial charge in [0.25, 0.3) is 0 Å². The van der Waals surface area contributed by atoms with Crippen LogP contribution in [0.2, 0.25) is 0 Å². The second kappa shape index (κ2) is 5.69. The highest BCUT2D eigenvalue weighted by Gasteiger charge is 2.26. The molecule has 20 heavy (non-hydrogen) atoms. The first-order valence-electron chi connectivity index (χ1n) is 6.18. The quantitative estimate of drug-likeness (QED) is 0.886. The molecule has 0 radical (unpaired) electrons. The van der Waals surface area contributed by atoms with Gasteiger partial charge in [0.2, 0.25) is 10.0 Å². The molecule has 2 aromatic heterocycles. The zero-order chi connectivity index (χ0) is 14.9. The van der Waals surface area contributed by atoms with E-state index in [9.17, 15) is 8.42 Å². The fraction of sp³-hybridized carbons (Fsp3) is 0.385. The Kier molecular flexibility index (Phi) is 4.33. The number of hydrogen-bond donors (Lipinski definition) is 2. The summed E-state index contributed by atoms with van der Waals surface area (Å²) in [6.07, 6.45) is 0. The van der Waals surface area contributed by atoms with Gasteiger partial charge in [-0.3, -0.25) is 0 Å². The van der Waals surface area contributed by atoms with E-state index in [2.05, 4.69) is 4.72 Å². The summed E-state index contributed by atoms with van der Waals surface area (Å²) in [6.45, 7) is 5.73. The molecule has 0 spiro atoms. The van der Waals surface area contributed by atoms with E-state index in [1.165, 1.54) is 11.3 Å². The molecule has 0 fully saturated rings. The van der Waals surface area contributed by atoms with Crippen LogP contribution in [0, 0.1) is 20.8 Å². The lowest BCUT2D eigenvalue weighted by molar-refractivity contribution is 0.494. The maximum atomic E-state index is 12.4. The average molecular weight is 314 g/mol. The molecule has 0 saturated heterocycles. The van der Waals surface area contributed by atoms with Crippen LogP contribution in [0.15, 0.2) is 20.8 Å². The standard InChI is InChI=1S/C13H18N2O3S2/c1-8-4-5-19-12(8)7-15-20(16,17)13-10(3)18-9(2)11(13)6-14/h4-5,15H,6-7,14H2,1-3H3. The number of aryl methyl sites for hydroxylation is 3. The van der Waals surface area contributed by atoms with Crippen LogP contribution in [0.1, 0.15) is 27.5 Å². The molecule has 0 aliphatic carbocycles. The number of hydrogen-bond acceptors (Lipinski definition) is 5. The normalized spacial score (nSPS) is 12.0. The lowest BCUT2D eigenvalue weighted by Gasteiger charge is -2.07. The van der Waals surface area contributed by atoms with Gasteiger partial charge in [-0.2, -0.15) is 0 Å². The van der Waals surface area contributed by atoms with E-state index < -0.39 is 10.0 Å². The summed E-state index contributed by atoms with van der Waals surface area (Å²) in [6, 6.07) is 1.97. The minimum absolute atomic E-state index is 0.136. The molecule has 0 bridgehead atoms. The lowest BCUT2D eigenvalue weighted by Crippen LogP contribution is -2.24. The zero-order valence-corrected chi connectivity index (χ0v) is 13.3. The number of nitrogens with one attached hydrogen (secondary N) is 1. The number of furan rings is 1. The minimum Gasteiger partial charge on any atom is -0.465 e. The Morgan fingerprint density at radius 3 is 2.55 bits per heavy atom. The van der Waals surface area contributed by atoms with E-state index >= 15 is 0 Å². The van der Waals surface area contributed by atoms with Crippen LogP contribution in [-0.2, 0) is 23.1 Å². The summed E-state index contributed by atoms with van der Waals surface area (Å²) in [5.41, 5.74) is 7.25. The summed E-state index contributed by atoms with van der Waals surface area (Å²) in [4.78, 5) is 1.17. The van der Waals surface area contributed by atoms with Crippen molar-refractivity contribution in [3.05, 3.63) is 39.0 Å². The molecule has 5 nitrogen and oxygen atoms in total. The topological polar surface area (TPSA) is 85.3 Å². The highest BCUT2D eigenvalue weighted by molar-refractivity contribution is 7.89. The first-order chi connectivity index (χ1) is 9.36. The maximum absolute atomic E-state index is 12.4. The predicted octanol–water partition coefficient (Wildman–Crippen LogP) is 2.20. The van der Waals surface area contributed by atoms with Gasteiger partial charge in [0.05, 0.1) is 0 Å². The molecule has 7 heteroatoms. The third kappa shape index (κ3) is 2.80. The number of nitrogens with two attached hydrogens (primary N) is 1. The van der Waals surface area contributed by atoms with Crippen LogP contribution < -0.4 is 10.5 Å². The number of sulfonamides is 1. The van der Waals surface area contributed by atoms with Gasteiger partial charge < -0.3 is 10.2 Å².